The monoisotopic (exact) mass is 271 g/mol. The summed E-state index contributed by atoms with van der Waals surface area (Å²) < 4.78 is 1.87. The lowest BCUT2D eigenvalue weighted by Crippen LogP contribution is -1.99. The molecule has 1 N–H and O–H groups in total. The molecule has 0 aliphatic heterocycles. The van der Waals surface area contributed by atoms with Crippen molar-refractivity contribution in [2.24, 2.45) is 0 Å². The van der Waals surface area contributed by atoms with Gasteiger partial charge in [-0.1, -0.05) is 0 Å². The van der Waals surface area contributed by atoms with Gasteiger partial charge in [-0.2, -0.15) is 0 Å². The molecule has 0 amide bonds. The number of pyridine rings is 1. The maximum atomic E-state index is 4.39. The minimum absolute atomic E-state index is 0.775. The van der Waals surface area contributed by atoms with E-state index in [0.717, 1.165) is 23.1 Å². The number of rotatable bonds is 4. The fourth-order valence-corrected chi connectivity index (χ4v) is 2.45. The van der Waals surface area contributed by atoms with Crippen molar-refractivity contribution in [1.82, 2.24) is 19.5 Å². The predicted molar refractivity (Wildman–Crippen MR) is 75.5 cm³/mol. The van der Waals surface area contributed by atoms with E-state index in [2.05, 4.69) is 20.3 Å². The van der Waals surface area contributed by atoms with Crippen LogP contribution in [0.1, 0.15) is 9.88 Å². The van der Waals surface area contributed by atoms with Crippen LogP contribution in [0.2, 0.25) is 0 Å². The van der Waals surface area contributed by atoms with Gasteiger partial charge in [-0.3, -0.25) is 4.57 Å². The SMILES string of the molecule is Cc1ncc(CNc2ccc(-n3ccnc3)nc2)s1. The fraction of sp³-hybridized carbons (Fsp3) is 0.154. The Balaban J connectivity index is 1.66. The number of aromatic nitrogens is 4. The lowest BCUT2D eigenvalue weighted by atomic mass is 10.4. The smallest absolute Gasteiger partial charge is 0.137 e. The molecule has 3 aromatic rings. The molecule has 0 atom stereocenters. The van der Waals surface area contributed by atoms with Crippen molar-refractivity contribution in [3.05, 3.63) is 53.1 Å². The van der Waals surface area contributed by atoms with Crippen LogP contribution in [0.4, 0.5) is 5.69 Å². The number of nitrogens with one attached hydrogen (secondary N) is 1. The molecule has 6 heteroatoms. The van der Waals surface area contributed by atoms with Gasteiger partial charge in [-0.25, -0.2) is 15.0 Å². The normalized spacial score (nSPS) is 10.6. The molecule has 3 heterocycles. The minimum Gasteiger partial charge on any atom is -0.379 e. The van der Waals surface area contributed by atoms with Crippen molar-refractivity contribution < 1.29 is 0 Å². The summed E-state index contributed by atoms with van der Waals surface area (Å²) in [6, 6.07) is 3.97. The van der Waals surface area contributed by atoms with E-state index in [1.165, 1.54) is 4.88 Å². The van der Waals surface area contributed by atoms with E-state index < -0.39 is 0 Å². The zero-order valence-electron chi connectivity index (χ0n) is 10.4. The molecule has 0 bridgehead atoms. The van der Waals surface area contributed by atoms with Crippen LogP contribution in [0.15, 0.2) is 43.2 Å². The van der Waals surface area contributed by atoms with E-state index in [0.29, 0.717) is 0 Å². The Morgan fingerprint density at radius 3 is 2.84 bits per heavy atom. The third kappa shape index (κ3) is 2.79. The summed E-state index contributed by atoms with van der Waals surface area (Å²) in [5.74, 6) is 0.858. The Labute approximate surface area is 115 Å². The van der Waals surface area contributed by atoms with Crippen LogP contribution in [0.25, 0.3) is 5.82 Å². The number of thiazole rings is 1. The van der Waals surface area contributed by atoms with Crippen molar-refractivity contribution in [2.75, 3.05) is 5.32 Å². The topological polar surface area (TPSA) is 55.6 Å². The first-order valence-electron chi connectivity index (χ1n) is 5.91. The van der Waals surface area contributed by atoms with Gasteiger partial charge in [0.1, 0.15) is 12.1 Å². The lowest BCUT2D eigenvalue weighted by Gasteiger charge is -2.05. The van der Waals surface area contributed by atoms with Crippen LogP contribution >= 0.6 is 11.3 Å². The van der Waals surface area contributed by atoms with Gasteiger partial charge in [0.25, 0.3) is 0 Å². The standard InChI is InChI=1S/C13H13N5S/c1-10-15-7-12(19-10)8-16-11-2-3-13(17-6-11)18-5-4-14-9-18/h2-7,9,16H,8H2,1H3. The van der Waals surface area contributed by atoms with Crippen molar-refractivity contribution in [1.29, 1.82) is 0 Å². The summed E-state index contributed by atoms with van der Waals surface area (Å²) in [4.78, 5) is 13.8. The zero-order chi connectivity index (χ0) is 13.1. The number of imidazole rings is 1. The highest BCUT2D eigenvalue weighted by Crippen LogP contribution is 2.15. The molecule has 0 saturated carbocycles. The van der Waals surface area contributed by atoms with Gasteiger partial charge in [0.15, 0.2) is 0 Å². The van der Waals surface area contributed by atoms with Gasteiger partial charge in [-0.15, -0.1) is 11.3 Å². The van der Waals surface area contributed by atoms with Crippen LogP contribution in [0.5, 0.6) is 0 Å². The Kier molecular flexibility index (Phi) is 3.24. The van der Waals surface area contributed by atoms with Gasteiger partial charge in [0.05, 0.1) is 23.4 Å². The minimum atomic E-state index is 0.775. The van der Waals surface area contributed by atoms with E-state index in [1.54, 1.807) is 23.9 Å². The van der Waals surface area contributed by atoms with Crippen LogP contribution in [-0.4, -0.2) is 19.5 Å². The highest BCUT2D eigenvalue weighted by Gasteiger charge is 2.00. The van der Waals surface area contributed by atoms with Gasteiger partial charge in [0.2, 0.25) is 0 Å². The fourth-order valence-electron chi connectivity index (χ4n) is 1.71. The summed E-state index contributed by atoms with van der Waals surface area (Å²) in [7, 11) is 0. The van der Waals surface area contributed by atoms with Gasteiger partial charge >= 0.3 is 0 Å². The van der Waals surface area contributed by atoms with Crippen LogP contribution in [0.3, 0.4) is 0 Å². The van der Waals surface area contributed by atoms with Crippen LogP contribution in [0, 0.1) is 6.92 Å². The van der Waals surface area contributed by atoms with E-state index >= 15 is 0 Å². The Bertz CT molecular complexity index is 642. The number of aryl methyl sites for hydroxylation is 1. The number of hydrogen-bond donors (Lipinski definition) is 1. The number of anilines is 1. The van der Waals surface area contributed by atoms with E-state index in [9.17, 15) is 0 Å². The molecule has 0 fully saturated rings. The molecule has 5 nitrogen and oxygen atoms in total. The predicted octanol–water partition coefficient (Wildman–Crippen LogP) is 2.64. The van der Waals surface area contributed by atoms with E-state index in [4.69, 9.17) is 0 Å². The second-order valence-electron chi connectivity index (χ2n) is 4.07. The molecule has 0 aromatic carbocycles. The first-order chi connectivity index (χ1) is 9.31. The molecule has 3 rings (SSSR count). The third-order valence-corrected chi connectivity index (χ3v) is 3.57. The maximum absolute atomic E-state index is 4.39. The molecule has 0 aliphatic carbocycles. The Hall–Kier alpha value is -2.21. The lowest BCUT2D eigenvalue weighted by molar-refractivity contribution is 0.991. The third-order valence-electron chi connectivity index (χ3n) is 2.65. The summed E-state index contributed by atoms with van der Waals surface area (Å²) in [6.45, 7) is 2.78. The average molecular weight is 271 g/mol. The molecular formula is C13H13N5S. The van der Waals surface area contributed by atoms with Crippen molar-refractivity contribution in [3.8, 4) is 5.82 Å². The van der Waals surface area contributed by atoms with Gasteiger partial charge < -0.3 is 5.32 Å². The summed E-state index contributed by atoms with van der Waals surface area (Å²) in [5, 5.41) is 4.42. The maximum Gasteiger partial charge on any atom is 0.137 e. The molecular weight excluding hydrogens is 258 g/mol. The average Bonchev–Trinajstić information content (AvgIpc) is 3.08. The molecule has 0 radical (unpaired) electrons. The summed E-state index contributed by atoms with van der Waals surface area (Å²) >= 11 is 1.70. The van der Waals surface area contributed by atoms with Crippen molar-refractivity contribution in [3.63, 3.8) is 0 Å². The molecule has 0 spiro atoms. The van der Waals surface area contributed by atoms with Crippen molar-refractivity contribution >= 4 is 17.0 Å². The Morgan fingerprint density at radius 2 is 2.21 bits per heavy atom. The Morgan fingerprint density at radius 1 is 1.26 bits per heavy atom. The molecule has 0 unspecified atom stereocenters. The molecule has 0 aliphatic rings. The number of nitrogens with zero attached hydrogens (tertiary/aromatic N) is 4. The van der Waals surface area contributed by atoms with Crippen LogP contribution in [-0.2, 0) is 6.54 Å². The highest BCUT2D eigenvalue weighted by molar-refractivity contribution is 7.11. The first-order valence-corrected chi connectivity index (χ1v) is 6.72. The molecule has 3 aromatic heterocycles. The van der Waals surface area contributed by atoms with E-state index in [1.807, 2.05) is 42.2 Å². The molecule has 19 heavy (non-hydrogen) atoms. The van der Waals surface area contributed by atoms with E-state index in [-0.39, 0.29) is 0 Å². The van der Waals surface area contributed by atoms with Gasteiger partial charge in [-0.05, 0) is 19.1 Å². The second kappa shape index (κ2) is 5.19. The van der Waals surface area contributed by atoms with Crippen LogP contribution < -0.4 is 5.32 Å². The highest BCUT2D eigenvalue weighted by atomic mass is 32.1. The molecule has 0 saturated heterocycles. The summed E-state index contributed by atoms with van der Waals surface area (Å²) in [5.41, 5.74) is 0.995. The van der Waals surface area contributed by atoms with Gasteiger partial charge in [0, 0.05) is 23.5 Å². The molecule has 96 valence electrons. The first kappa shape index (κ1) is 11.9. The number of hydrogen-bond acceptors (Lipinski definition) is 5. The largest absolute Gasteiger partial charge is 0.379 e. The summed E-state index contributed by atoms with van der Waals surface area (Å²) in [6.07, 6.45) is 9.06. The second-order valence-corrected chi connectivity index (χ2v) is 5.39. The van der Waals surface area contributed by atoms with Crippen molar-refractivity contribution in [2.45, 2.75) is 13.5 Å². The zero-order valence-corrected chi connectivity index (χ0v) is 11.3. The quantitative estimate of drug-likeness (QED) is 0.792.